The molecule has 0 aliphatic rings. The van der Waals surface area contributed by atoms with E-state index in [1.807, 2.05) is 0 Å². The summed E-state index contributed by atoms with van der Waals surface area (Å²) >= 11 is 0. The van der Waals surface area contributed by atoms with Crippen molar-refractivity contribution in [3.63, 3.8) is 0 Å². The van der Waals surface area contributed by atoms with Crippen molar-refractivity contribution >= 4 is 5.91 Å². The van der Waals surface area contributed by atoms with Crippen molar-refractivity contribution in [2.24, 2.45) is 0 Å². The van der Waals surface area contributed by atoms with Gasteiger partial charge in [-0.25, -0.2) is 0 Å². The van der Waals surface area contributed by atoms with Gasteiger partial charge in [-0.3, -0.25) is 4.79 Å². The highest BCUT2D eigenvalue weighted by Gasteiger charge is 2.11. The predicted octanol–water partition coefficient (Wildman–Crippen LogP) is 1.17. The van der Waals surface area contributed by atoms with Gasteiger partial charge in [-0.2, -0.15) is 0 Å². The third-order valence-corrected chi connectivity index (χ3v) is 2.83. The number of nitrogens with one attached hydrogen (secondary N) is 1. The molecule has 0 spiro atoms. The van der Waals surface area contributed by atoms with Gasteiger partial charge in [0.25, 0.3) is 5.91 Å². The first-order valence-corrected chi connectivity index (χ1v) is 6.11. The molecular weight excluding hydrogens is 232 g/mol. The second-order valence-corrected chi connectivity index (χ2v) is 3.98. The number of phenols is 2. The van der Waals surface area contributed by atoms with Crippen molar-refractivity contribution in [2.45, 2.75) is 13.8 Å². The molecule has 0 saturated carbocycles. The molecule has 0 radical (unpaired) electrons. The van der Waals surface area contributed by atoms with Crippen LogP contribution in [0.3, 0.4) is 0 Å². The Labute approximate surface area is 107 Å². The summed E-state index contributed by atoms with van der Waals surface area (Å²) in [5.41, 5.74) is 0.0922. The highest BCUT2D eigenvalue weighted by atomic mass is 16.3. The number of likely N-dealkylation sites (N-methyl/N-ethyl adjacent to an activating group) is 1. The van der Waals surface area contributed by atoms with E-state index in [2.05, 4.69) is 24.1 Å². The fourth-order valence-electron chi connectivity index (χ4n) is 1.67. The average Bonchev–Trinajstić information content (AvgIpc) is 2.37. The SMILES string of the molecule is CCN(CC)CCNC(=O)c1cc(O)ccc1O. The van der Waals surface area contributed by atoms with Crippen molar-refractivity contribution in [2.75, 3.05) is 26.2 Å². The van der Waals surface area contributed by atoms with Crippen LogP contribution in [0.1, 0.15) is 24.2 Å². The Hall–Kier alpha value is -1.75. The molecule has 1 aromatic carbocycles. The van der Waals surface area contributed by atoms with Crippen LogP contribution in [0.2, 0.25) is 0 Å². The van der Waals surface area contributed by atoms with E-state index < -0.39 is 0 Å². The van der Waals surface area contributed by atoms with E-state index in [0.717, 1.165) is 19.6 Å². The van der Waals surface area contributed by atoms with Gasteiger partial charge in [0, 0.05) is 13.1 Å². The van der Waals surface area contributed by atoms with Crippen LogP contribution >= 0.6 is 0 Å². The van der Waals surface area contributed by atoms with E-state index in [4.69, 9.17) is 0 Å². The fourth-order valence-corrected chi connectivity index (χ4v) is 1.67. The topological polar surface area (TPSA) is 72.8 Å². The smallest absolute Gasteiger partial charge is 0.255 e. The first-order chi connectivity index (χ1) is 8.58. The Morgan fingerprint density at radius 2 is 1.94 bits per heavy atom. The van der Waals surface area contributed by atoms with Crippen molar-refractivity contribution in [1.29, 1.82) is 0 Å². The summed E-state index contributed by atoms with van der Waals surface area (Å²) in [6.45, 7) is 7.26. The van der Waals surface area contributed by atoms with Crippen LogP contribution in [0.25, 0.3) is 0 Å². The molecule has 0 saturated heterocycles. The number of aromatic hydroxyl groups is 2. The summed E-state index contributed by atoms with van der Waals surface area (Å²) in [7, 11) is 0. The highest BCUT2D eigenvalue weighted by Crippen LogP contribution is 2.21. The lowest BCUT2D eigenvalue weighted by molar-refractivity contribution is 0.0946. The first kappa shape index (κ1) is 14.3. The Kier molecular flexibility index (Phi) is 5.45. The van der Waals surface area contributed by atoms with Gasteiger partial charge < -0.3 is 20.4 Å². The summed E-state index contributed by atoms with van der Waals surface area (Å²) < 4.78 is 0. The minimum absolute atomic E-state index is 0.0401. The van der Waals surface area contributed by atoms with Gasteiger partial charge >= 0.3 is 0 Å². The van der Waals surface area contributed by atoms with Crippen LogP contribution in [0, 0.1) is 0 Å². The molecule has 5 heteroatoms. The van der Waals surface area contributed by atoms with Gasteiger partial charge in [0.15, 0.2) is 0 Å². The zero-order valence-electron chi connectivity index (χ0n) is 10.8. The Morgan fingerprint density at radius 3 is 2.56 bits per heavy atom. The molecule has 0 atom stereocenters. The van der Waals surface area contributed by atoms with E-state index in [0.29, 0.717) is 6.54 Å². The monoisotopic (exact) mass is 252 g/mol. The van der Waals surface area contributed by atoms with Crippen molar-refractivity contribution in [3.05, 3.63) is 23.8 Å². The molecule has 0 aliphatic carbocycles. The lowest BCUT2D eigenvalue weighted by Gasteiger charge is -2.18. The fraction of sp³-hybridized carbons (Fsp3) is 0.462. The van der Waals surface area contributed by atoms with Gasteiger partial charge in [-0.05, 0) is 31.3 Å². The van der Waals surface area contributed by atoms with Crippen LogP contribution in [-0.2, 0) is 0 Å². The maximum atomic E-state index is 11.8. The zero-order chi connectivity index (χ0) is 13.5. The second kappa shape index (κ2) is 6.86. The number of amides is 1. The van der Waals surface area contributed by atoms with E-state index in [1.54, 1.807) is 0 Å². The second-order valence-electron chi connectivity index (χ2n) is 3.98. The molecule has 0 bridgehead atoms. The molecule has 100 valence electrons. The maximum absolute atomic E-state index is 11.8. The van der Waals surface area contributed by atoms with Gasteiger partial charge in [-0.15, -0.1) is 0 Å². The maximum Gasteiger partial charge on any atom is 0.255 e. The number of carbonyl (C=O) groups is 1. The van der Waals surface area contributed by atoms with Crippen LogP contribution in [-0.4, -0.2) is 47.2 Å². The Bertz CT molecular complexity index is 403. The summed E-state index contributed by atoms with van der Waals surface area (Å²) in [6, 6.07) is 3.89. The van der Waals surface area contributed by atoms with Crippen molar-refractivity contribution in [3.8, 4) is 11.5 Å². The zero-order valence-corrected chi connectivity index (χ0v) is 10.8. The number of phenolic OH excluding ortho intramolecular Hbond substituents is 2. The number of benzene rings is 1. The number of rotatable bonds is 6. The van der Waals surface area contributed by atoms with E-state index in [-0.39, 0.29) is 23.0 Å². The third-order valence-electron chi connectivity index (χ3n) is 2.83. The standard InChI is InChI=1S/C13H20N2O3/c1-3-15(4-2)8-7-14-13(18)11-9-10(16)5-6-12(11)17/h5-6,9,16-17H,3-4,7-8H2,1-2H3,(H,14,18). The predicted molar refractivity (Wildman–Crippen MR) is 69.9 cm³/mol. The van der Waals surface area contributed by atoms with Gasteiger partial charge in [0.05, 0.1) is 5.56 Å². The number of nitrogens with zero attached hydrogens (tertiary/aromatic N) is 1. The molecule has 18 heavy (non-hydrogen) atoms. The van der Waals surface area contributed by atoms with E-state index >= 15 is 0 Å². The lowest BCUT2D eigenvalue weighted by Crippen LogP contribution is -2.34. The first-order valence-electron chi connectivity index (χ1n) is 6.11. The molecule has 1 aromatic rings. The van der Waals surface area contributed by atoms with Crippen LogP contribution in [0.5, 0.6) is 11.5 Å². The molecule has 0 unspecified atom stereocenters. The highest BCUT2D eigenvalue weighted by molar-refractivity contribution is 5.97. The Morgan fingerprint density at radius 1 is 1.28 bits per heavy atom. The molecule has 0 aliphatic heterocycles. The minimum Gasteiger partial charge on any atom is -0.508 e. The van der Waals surface area contributed by atoms with Crippen LogP contribution in [0.4, 0.5) is 0 Å². The molecule has 3 N–H and O–H groups in total. The number of hydrogen-bond donors (Lipinski definition) is 3. The summed E-state index contributed by atoms with van der Waals surface area (Å²) in [5.74, 6) is -0.551. The van der Waals surface area contributed by atoms with Crippen LogP contribution in [0.15, 0.2) is 18.2 Å². The van der Waals surface area contributed by atoms with Gasteiger partial charge in [0.1, 0.15) is 11.5 Å². The van der Waals surface area contributed by atoms with Gasteiger partial charge in [-0.1, -0.05) is 13.8 Å². The van der Waals surface area contributed by atoms with E-state index in [1.165, 1.54) is 18.2 Å². The molecule has 0 heterocycles. The molecule has 1 amide bonds. The summed E-state index contributed by atoms with van der Waals surface area (Å²) in [6.07, 6.45) is 0. The normalized spacial score (nSPS) is 10.6. The minimum atomic E-state index is -0.379. The average molecular weight is 252 g/mol. The third kappa shape index (κ3) is 3.92. The van der Waals surface area contributed by atoms with Crippen molar-refractivity contribution in [1.82, 2.24) is 10.2 Å². The molecule has 0 aromatic heterocycles. The molecular formula is C13H20N2O3. The lowest BCUT2D eigenvalue weighted by atomic mass is 10.2. The molecule has 5 nitrogen and oxygen atoms in total. The quantitative estimate of drug-likeness (QED) is 0.664. The summed E-state index contributed by atoms with van der Waals surface area (Å²) in [4.78, 5) is 14.0. The number of carbonyl (C=O) groups excluding carboxylic acids is 1. The van der Waals surface area contributed by atoms with Gasteiger partial charge in [0.2, 0.25) is 0 Å². The van der Waals surface area contributed by atoms with Crippen LogP contribution < -0.4 is 5.32 Å². The Balaban J connectivity index is 2.53. The van der Waals surface area contributed by atoms with E-state index in [9.17, 15) is 15.0 Å². The largest absolute Gasteiger partial charge is 0.508 e. The van der Waals surface area contributed by atoms with Crippen molar-refractivity contribution < 1.29 is 15.0 Å². The summed E-state index contributed by atoms with van der Waals surface area (Å²) in [5, 5.41) is 21.5. The number of hydrogen-bond acceptors (Lipinski definition) is 4. The molecule has 0 fully saturated rings. The molecule has 1 rings (SSSR count).